The maximum atomic E-state index is 12.2. The van der Waals surface area contributed by atoms with E-state index >= 15 is 0 Å². The van der Waals surface area contributed by atoms with E-state index in [1.165, 1.54) is 11.3 Å². The van der Waals surface area contributed by atoms with Gasteiger partial charge in [-0.25, -0.2) is 4.98 Å². The standard InChI is InChI=1S/C15H18N2O2S/c1-4-13(19-12-7-5-10(2)6-8-12)14(18)17-15-16-9-11(3)20-15/h5-9,13H,4H2,1-3H3,(H,16,17,18)/t13-/m0/s1. The van der Waals surface area contributed by atoms with Crippen molar-refractivity contribution in [3.05, 3.63) is 40.9 Å². The minimum Gasteiger partial charge on any atom is -0.481 e. The van der Waals surface area contributed by atoms with Crippen molar-refractivity contribution in [3.63, 3.8) is 0 Å². The zero-order chi connectivity index (χ0) is 14.5. The lowest BCUT2D eigenvalue weighted by Gasteiger charge is -2.16. The van der Waals surface area contributed by atoms with E-state index in [1.54, 1.807) is 6.20 Å². The van der Waals surface area contributed by atoms with Crippen LogP contribution in [0.1, 0.15) is 23.8 Å². The van der Waals surface area contributed by atoms with E-state index in [9.17, 15) is 4.79 Å². The van der Waals surface area contributed by atoms with Gasteiger partial charge in [0.05, 0.1) is 0 Å². The van der Waals surface area contributed by atoms with Crippen LogP contribution in [0.5, 0.6) is 5.75 Å². The molecule has 0 unspecified atom stereocenters. The Labute approximate surface area is 122 Å². The van der Waals surface area contributed by atoms with E-state index in [4.69, 9.17) is 4.74 Å². The molecule has 1 atom stereocenters. The molecule has 106 valence electrons. The zero-order valence-electron chi connectivity index (χ0n) is 11.8. The number of carbonyl (C=O) groups excluding carboxylic acids is 1. The number of anilines is 1. The number of aromatic nitrogens is 1. The Kier molecular flexibility index (Phi) is 4.74. The molecule has 0 spiro atoms. The molecule has 0 fully saturated rings. The molecule has 1 N–H and O–H groups in total. The maximum Gasteiger partial charge on any atom is 0.267 e. The first kappa shape index (κ1) is 14.5. The van der Waals surface area contributed by atoms with Gasteiger partial charge in [0, 0.05) is 11.1 Å². The van der Waals surface area contributed by atoms with Crippen molar-refractivity contribution in [3.8, 4) is 5.75 Å². The molecule has 0 aliphatic rings. The van der Waals surface area contributed by atoms with Crippen LogP contribution in [-0.2, 0) is 4.79 Å². The summed E-state index contributed by atoms with van der Waals surface area (Å²) in [5.41, 5.74) is 1.16. The molecular weight excluding hydrogens is 272 g/mol. The number of hydrogen-bond acceptors (Lipinski definition) is 4. The summed E-state index contributed by atoms with van der Waals surface area (Å²) in [6.07, 6.45) is 1.83. The Balaban J connectivity index is 2.00. The van der Waals surface area contributed by atoms with E-state index in [0.29, 0.717) is 17.3 Å². The summed E-state index contributed by atoms with van der Waals surface area (Å²) >= 11 is 1.45. The second kappa shape index (κ2) is 6.52. The summed E-state index contributed by atoms with van der Waals surface area (Å²) in [6, 6.07) is 7.67. The normalized spacial score (nSPS) is 11.9. The lowest BCUT2D eigenvalue weighted by atomic mass is 10.2. The largest absolute Gasteiger partial charge is 0.481 e. The van der Waals surface area contributed by atoms with Gasteiger partial charge in [-0.2, -0.15) is 0 Å². The van der Waals surface area contributed by atoms with Crippen molar-refractivity contribution >= 4 is 22.4 Å². The molecule has 2 aromatic rings. The van der Waals surface area contributed by atoms with Crippen molar-refractivity contribution in [1.29, 1.82) is 0 Å². The average Bonchev–Trinajstić information content (AvgIpc) is 2.83. The second-order valence-corrected chi connectivity index (χ2v) is 5.83. The fraction of sp³-hybridized carbons (Fsp3) is 0.333. The Hall–Kier alpha value is -1.88. The third-order valence-electron chi connectivity index (χ3n) is 2.81. The number of benzene rings is 1. The van der Waals surface area contributed by atoms with Gasteiger partial charge in [0.2, 0.25) is 0 Å². The average molecular weight is 290 g/mol. The summed E-state index contributed by atoms with van der Waals surface area (Å²) in [7, 11) is 0. The van der Waals surface area contributed by atoms with E-state index in [2.05, 4.69) is 10.3 Å². The van der Waals surface area contributed by atoms with Crippen LogP contribution in [0.2, 0.25) is 0 Å². The summed E-state index contributed by atoms with van der Waals surface area (Å²) in [4.78, 5) is 17.3. The third-order valence-corrected chi connectivity index (χ3v) is 3.64. The number of aryl methyl sites for hydroxylation is 2. The molecule has 0 aliphatic carbocycles. The molecule has 5 heteroatoms. The van der Waals surface area contributed by atoms with Gasteiger partial charge in [0.25, 0.3) is 5.91 Å². The van der Waals surface area contributed by atoms with E-state index < -0.39 is 6.10 Å². The van der Waals surface area contributed by atoms with Gasteiger partial charge >= 0.3 is 0 Å². The predicted octanol–water partition coefficient (Wildman–Crippen LogP) is 3.56. The highest BCUT2D eigenvalue weighted by Gasteiger charge is 2.19. The maximum absolute atomic E-state index is 12.2. The number of hydrogen-bond donors (Lipinski definition) is 1. The molecule has 1 aromatic carbocycles. The SMILES string of the molecule is CC[C@H](Oc1ccc(C)cc1)C(=O)Nc1ncc(C)s1. The number of nitrogens with one attached hydrogen (secondary N) is 1. The van der Waals surface area contributed by atoms with Crippen LogP contribution in [0.3, 0.4) is 0 Å². The number of ether oxygens (including phenoxy) is 1. The summed E-state index contributed by atoms with van der Waals surface area (Å²) in [6.45, 7) is 5.89. The first-order valence-corrected chi connectivity index (χ1v) is 7.36. The molecule has 1 amide bonds. The van der Waals surface area contributed by atoms with Crippen LogP contribution in [0.25, 0.3) is 0 Å². The highest BCUT2D eigenvalue weighted by atomic mass is 32.1. The van der Waals surface area contributed by atoms with E-state index in [1.807, 2.05) is 45.0 Å². The quantitative estimate of drug-likeness (QED) is 0.916. The van der Waals surface area contributed by atoms with Gasteiger partial charge in [0.15, 0.2) is 11.2 Å². The van der Waals surface area contributed by atoms with Crippen LogP contribution in [0.4, 0.5) is 5.13 Å². The van der Waals surface area contributed by atoms with Gasteiger partial charge < -0.3 is 4.74 Å². The lowest BCUT2D eigenvalue weighted by molar-refractivity contribution is -0.122. The topological polar surface area (TPSA) is 51.2 Å². The van der Waals surface area contributed by atoms with Gasteiger partial charge in [-0.3, -0.25) is 10.1 Å². The molecule has 2 rings (SSSR count). The van der Waals surface area contributed by atoms with Crippen molar-refractivity contribution in [2.24, 2.45) is 0 Å². The summed E-state index contributed by atoms with van der Waals surface area (Å²) in [5.74, 6) is 0.537. The molecule has 20 heavy (non-hydrogen) atoms. The van der Waals surface area contributed by atoms with Crippen molar-refractivity contribution in [2.45, 2.75) is 33.3 Å². The van der Waals surface area contributed by atoms with Crippen LogP contribution in [-0.4, -0.2) is 17.0 Å². The molecule has 0 bridgehead atoms. The molecule has 1 heterocycles. The Morgan fingerprint density at radius 2 is 2.05 bits per heavy atom. The number of nitrogens with zero attached hydrogens (tertiary/aromatic N) is 1. The molecule has 0 aliphatic heterocycles. The first-order valence-electron chi connectivity index (χ1n) is 6.55. The molecular formula is C15H18N2O2S. The van der Waals surface area contributed by atoms with Gasteiger partial charge in [-0.1, -0.05) is 24.6 Å². The van der Waals surface area contributed by atoms with Crippen LogP contribution in [0.15, 0.2) is 30.5 Å². The molecule has 0 radical (unpaired) electrons. The fourth-order valence-electron chi connectivity index (χ4n) is 1.70. The second-order valence-electron chi connectivity index (χ2n) is 4.59. The van der Waals surface area contributed by atoms with E-state index in [0.717, 1.165) is 10.4 Å². The number of rotatable bonds is 5. The number of amides is 1. The minimum absolute atomic E-state index is 0.164. The minimum atomic E-state index is -0.512. The van der Waals surface area contributed by atoms with Crippen molar-refractivity contribution < 1.29 is 9.53 Å². The van der Waals surface area contributed by atoms with Crippen LogP contribution < -0.4 is 10.1 Å². The molecule has 0 saturated heterocycles. The summed E-state index contributed by atoms with van der Waals surface area (Å²) < 4.78 is 5.72. The van der Waals surface area contributed by atoms with Gasteiger partial charge in [-0.05, 0) is 32.4 Å². The monoisotopic (exact) mass is 290 g/mol. The highest BCUT2D eigenvalue weighted by molar-refractivity contribution is 7.15. The van der Waals surface area contributed by atoms with Crippen molar-refractivity contribution in [2.75, 3.05) is 5.32 Å². The highest BCUT2D eigenvalue weighted by Crippen LogP contribution is 2.19. The zero-order valence-corrected chi connectivity index (χ0v) is 12.7. The van der Waals surface area contributed by atoms with Crippen LogP contribution >= 0.6 is 11.3 Å². The molecule has 4 nitrogen and oxygen atoms in total. The van der Waals surface area contributed by atoms with Gasteiger partial charge in [-0.15, -0.1) is 11.3 Å². The number of carbonyl (C=O) groups is 1. The Morgan fingerprint density at radius 3 is 2.60 bits per heavy atom. The Morgan fingerprint density at radius 1 is 1.35 bits per heavy atom. The molecule has 1 aromatic heterocycles. The van der Waals surface area contributed by atoms with Crippen LogP contribution in [0, 0.1) is 13.8 Å². The first-order chi connectivity index (χ1) is 9.58. The number of thiazole rings is 1. The summed E-state index contributed by atoms with van der Waals surface area (Å²) in [5, 5.41) is 3.40. The van der Waals surface area contributed by atoms with Crippen molar-refractivity contribution in [1.82, 2.24) is 4.98 Å². The van der Waals surface area contributed by atoms with E-state index in [-0.39, 0.29) is 5.91 Å². The fourth-order valence-corrected chi connectivity index (χ4v) is 2.37. The van der Waals surface area contributed by atoms with Gasteiger partial charge in [0.1, 0.15) is 5.75 Å². The smallest absolute Gasteiger partial charge is 0.267 e. The predicted molar refractivity (Wildman–Crippen MR) is 81.4 cm³/mol. The lowest BCUT2D eigenvalue weighted by Crippen LogP contribution is -2.32. The Bertz CT molecular complexity index is 578. The molecule has 0 saturated carbocycles. The third kappa shape index (κ3) is 3.81.